The zero-order valence-corrected chi connectivity index (χ0v) is 8.64. The quantitative estimate of drug-likeness (QED) is 0.806. The molecule has 1 aliphatic heterocycles. The molecule has 1 atom stereocenters. The Morgan fingerprint density at radius 1 is 1.47 bits per heavy atom. The number of ether oxygens (including phenoxy) is 2. The fourth-order valence-corrected chi connectivity index (χ4v) is 1.53. The standard InChI is InChI=1S/C11H14N2O2/c1-14-9-4-2-8(3-5-9)10-7-15-11(6-12)13-10/h2-5,10H,6-7,12H2,1H3. The number of benzene rings is 1. The first-order chi connectivity index (χ1) is 7.33. The minimum absolute atomic E-state index is 0.0782. The van der Waals surface area contributed by atoms with E-state index >= 15 is 0 Å². The second-order valence-corrected chi connectivity index (χ2v) is 3.33. The molecule has 0 bridgehead atoms. The molecule has 1 aromatic rings. The van der Waals surface area contributed by atoms with Crippen LogP contribution in [0.2, 0.25) is 0 Å². The molecule has 0 aromatic heterocycles. The maximum Gasteiger partial charge on any atom is 0.198 e. The van der Waals surface area contributed by atoms with Gasteiger partial charge in [0.15, 0.2) is 5.90 Å². The Bertz CT molecular complexity index is 359. The second-order valence-electron chi connectivity index (χ2n) is 3.33. The van der Waals surface area contributed by atoms with Gasteiger partial charge in [-0.25, -0.2) is 4.99 Å². The van der Waals surface area contributed by atoms with Crippen molar-refractivity contribution >= 4 is 5.90 Å². The number of hydrogen-bond acceptors (Lipinski definition) is 4. The first-order valence-corrected chi connectivity index (χ1v) is 4.87. The van der Waals surface area contributed by atoms with Crippen molar-refractivity contribution in [2.24, 2.45) is 10.7 Å². The van der Waals surface area contributed by atoms with Crippen molar-refractivity contribution in [1.29, 1.82) is 0 Å². The van der Waals surface area contributed by atoms with Gasteiger partial charge in [0.05, 0.1) is 13.7 Å². The molecule has 1 aromatic carbocycles. The lowest BCUT2D eigenvalue weighted by atomic mass is 10.1. The molecule has 0 radical (unpaired) electrons. The SMILES string of the molecule is COc1ccc(C2COC(CN)=N2)cc1. The molecule has 2 rings (SSSR count). The van der Waals surface area contributed by atoms with E-state index in [1.54, 1.807) is 7.11 Å². The van der Waals surface area contributed by atoms with Crippen molar-refractivity contribution in [3.8, 4) is 5.75 Å². The summed E-state index contributed by atoms with van der Waals surface area (Å²) in [5, 5.41) is 0. The molecule has 0 saturated heterocycles. The Morgan fingerprint density at radius 2 is 2.20 bits per heavy atom. The molecule has 4 heteroatoms. The number of nitrogens with zero attached hydrogens (tertiary/aromatic N) is 1. The highest BCUT2D eigenvalue weighted by Crippen LogP contribution is 2.24. The summed E-state index contributed by atoms with van der Waals surface area (Å²) >= 11 is 0. The van der Waals surface area contributed by atoms with Gasteiger partial charge in [-0.15, -0.1) is 0 Å². The molecule has 0 spiro atoms. The minimum Gasteiger partial charge on any atom is -0.497 e. The van der Waals surface area contributed by atoms with Gasteiger partial charge in [0.25, 0.3) is 0 Å². The Hall–Kier alpha value is -1.55. The third kappa shape index (κ3) is 2.10. The number of nitrogens with two attached hydrogens (primary N) is 1. The van der Waals surface area contributed by atoms with Crippen LogP contribution in [-0.2, 0) is 4.74 Å². The Morgan fingerprint density at radius 3 is 2.73 bits per heavy atom. The molecular weight excluding hydrogens is 192 g/mol. The van der Waals surface area contributed by atoms with E-state index in [-0.39, 0.29) is 6.04 Å². The first-order valence-electron chi connectivity index (χ1n) is 4.87. The van der Waals surface area contributed by atoms with Crippen LogP contribution in [0.5, 0.6) is 5.75 Å². The lowest BCUT2D eigenvalue weighted by molar-refractivity contribution is 0.314. The topological polar surface area (TPSA) is 56.8 Å². The summed E-state index contributed by atoms with van der Waals surface area (Å²) in [5.74, 6) is 1.48. The summed E-state index contributed by atoms with van der Waals surface area (Å²) < 4.78 is 10.4. The summed E-state index contributed by atoms with van der Waals surface area (Å²) in [6, 6.07) is 7.91. The molecule has 0 amide bonds. The predicted molar refractivity (Wildman–Crippen MR) is 58.2 cm³/mol. The summed E-state index contributed by atoms with van der Waals surface area (Å²) in [5.41, 5.74) is 6.57. The number of rotatable bonds is 3. The molecule has 2 N–H and O–H groups in total. The van der Waals surface area contributed by atoms with Crippen LogP contribution in [0.4, 0.5) is 0 Å². The monoisotopic (exact) mass is 206 g/mol. The highest BCUT2D eigenvalue weighted by molar-refractivity contribution is 5.79. The molecule has 0 aliphatic carbocycles. The zero-order valence-electron chi connectivity index (χ0n) is 8.64. The second kappa shape index (κ2) is 4.31. The smallest absolute Gasteiger partial charge is 0.198 e. The largest absolute Gasteiger partial charge is 0.497 e. The fourth-order valence-electron chi connectivity index (χ4n) is 1.53. The third-order valence-electron chi connectivity index (χ3n) is 2.38. The van der Waals surface area contributed by atoms with E-state index in [4.69, 9.17) is 15.2 Å². The predicted octanol–water partition coefficient (Wildman–Crippen LogP) is 1.12. The molecule has 1 unspecified atom stereocenters. The van der Waals surface area contributed by atoms with Crippen LogP contribution in [0.1, 0.15) is 11.6 Å². The molecule has 80 valence electrons. The van der Waals surface area contributed by atoms with Gasteiger partial charge in [-0.3, -0.25) is 0 Å². The van der Waals surface area contributed by atoms with E-state index in [0.717, 1.165) is 11.3 Å². The van der Waals surface area contributed by atoms with Gasteiger partial charge in [0.1, 0.15) is 18.4 Å². The Balaban J connectivity index is 2.13. The van der Waals surface area contributed by atoms with E-state index in [0.29, 0.717) is 19.0 Å². The molecule has 0 fully saturated rings. The van der Waals surface area contributed by atoms with Crippen LogP contribution in [0.15, 0.2) is 29.3 Å². The van der Waals surface area contributed by atoms with Crippen molar-refractivity contribution in [2.45, 2.75) is 6.04 Å². The third-order valence-corrected chi connectivity index (χ3v) is 2.38. The summed E-state index contributed by atoms with van der Waals surface area (Å²) in [4.78, 5) is 4.36. The lowest BCUT2D eigenvalue weighted by Crippen LogP contribution is -2.13. The number of hydrogen-bond donors (Lipinski definition) is 1. The lowest BCUT2D eigenvalue weighted by Gasteiger charge is -2.06. The van der Waals surface area contributed by atoms with Gasteiger partial charge >= 0.3 is 0 Å². The van der Waals surface area contributed by atoms with Crippen LogP contribution in [0, 0.1) is 0 Å². The van der Waals surface area contributed by atoms with E-state index < -0.39 is 0 Å². The fraction of sp³-hybridized carbons (Fsp3) is 0.364. The molecule has 1 heterocycles. The van der Waals surface area contributed by atoms with Gasteiger partial charge in [-0.1, -0.05) is 12.1 Å². The maximum atomic E-state index is 5.44. The molecule has 0 saturated carbocycles. The Kier molecular flexibility index (Phi) is 2.87. The van der Waals surface area contributed by atoms with Gasteiger partial charge in [-0.05, 0) is 17.7 Å². The van der Waals surface area contributed by atoms with E-state index in [2.05, 4.69) is 4.99 Å². The number of methoxy groups -OCH3 is 1. The molecule has 15 heavy (non-hydrogen) atoms. The zero-order chi connectivity index (χ0) is 10.7. The normalized spacial score (nSPS) is 19.6. The van der Waals surface area contributed by atoms with E-state index in [9.17, 15) is 0 Å². The van der Waals surface area contributed by atoms with Crippen molar-refractivity contribution < 1.29 is 9.47 Å². The number of aliphatic imine (C=N–C) groups is 1. The van der Waals surface area contributed by atoms with Crippen molar-refractivity contribution in [2.75, 3.05) is 20.3 Å². The summed E-state index contributed by atoms with van der Waals surface area (Å²) in [6.45, 7) is 0.950. The summed E-state index contributed by atoms with van der Waals surface area (Å²) in [7, 11) is 1.65. The van der Waals surface area contributed by atoms with Gasteiger partial charge in [0, 0.05) is 0 Å². The van der Waals surface area contributed by atoms with Crippen LogP contribution in [-0.4, -0.2) is 26.2 Å². The van der Waals surface area contributed by atoms with E-state index in [1.807, 2.05) is 24.3 Å². The highest BCUT2D eigenvalue weighted by Gasteiger charge is 2.19. The first kappa shape index (κ1) is 9.98. The van der Waals surface area contributed by atoms with Gasteiger partial charge in [0.2, 0.25) is 0 Å². The molecule has 4 nitrogen and oxygen atoms in total. The average molecular weight is 206 g/mol. The van der Waals surface area contributed by atoms with Crippen LogP contribution < -0.4 is 10.5 Å². The van der Waals surface area contributed by atoms with Crippen molar-refractivity contribution in [3.05, 3.63) is 29.8 Å². The maximum absolute atomic E-state index is 5.44. The Labute approximate surface area is 88.7 Å². The summed E-state index contributed by atoms with van der Waals surface area (Å²) in [6.07, 6.45) is 0. The van der Waals surface area contributed by atoms with Gasteiger partial charge < -0.3 is 15.2 Å². The average Bonchev–Trinajstić information content (AvgIpc) is 2.78. The van der Waals surface area contributed by atoms with Crippen LogP contribution in [0.25, 0.3) is 0 Å². The van der Waals surface area contributed by atoms with Crippen molar-refractivity contribution in [3.63, 3.8) is 0 Å². The van der Waals surface area contributed by atoms with E-state index in [1.165, 1.54) is 0 Å². The van der Waals surface area contributed by atoms with Crippen LogP contribution in [0.3, 0.4) is 0 Å². The molecular formula is C11H14N2O2. The van der Waals surface area contributed by atoms with Gasteiger partial charge in [-0.2, -0.15) is 0 Å². The highest BCUT2D eigenvalue weighted by atomic mass is 16.5. The minimum atomic E-state index is 0.0782. The van der Waals surface area contributed by atoms with Crippen molar-refractivity contribution in [1.82, 2.24) is 0 Å². The molecule has 1 aliphatic rings. The van der Waals surface area contributed by atoms with Crippen LogP contribution >= 0.6 is 0 Å².